The number of benzene rings is 3. The highest BCUT2D eigenvalue weighted by atomic mass is 35.5. The molecule has 2 aliphatic rings. The lowest BCUT2D eigenvalue weighted by Crippen LogP contribution is -2.48. The van der Waals surface area contributed by atoms with Crippen molar-refractivity contribution in [2.45, 2.75) is 79.9 Å². The van der Waals surface area contributed by atoms with Crippen LogP contribution in [-0.4, -0.2) is 91.0 Å². The van der Waals surface area contributed by atoms with E-state index in [0.717, 1.165) is 109 Å². The number of halogens is 2. The van der Waals surface area contributed by atoms with Crippen molar-refractivity contribution in [1.29, 1.82) is 0 Å². The molecule has 0 radical (unpaired) electrons. The number of carbonyl (C=O) groups is 1. The lowest BCUT2D eigenvalue weighted by molar-refractivity contribution is 0.0856. The van der Waals surface area contributed by atoms with E-state index >= 15 is 4.79 Å². The predicted octanol–water partition coefficient (Wildman–Crippen LogP) is 10.0. The first-order chi connectivity index (χ1) is 30.4. The van der Waals surface area contributed by atoms with Gasteiger partial charge in [0, 0.05) is 103 Å². The van der Waals surface area contributed by atoms with Crippen LogP contribution in [0.25, 0.3) is 44.3 Å². The molecule has 63 heavy (non-hydrogen) atoms. The van der Waals surface area contributed by atoms with Crippen molar-refractivity contribution in [2.75, 3.05) is 51.4 Å². The molecule has 2 aliphatic heterocycles. The number of likely N-dealkylation sites (tertiary alicyclic amines) is 1. The summed E-state index contributed by atoms with van der Waals surface area (Å²) in [7, 11) is 3.67. The standard InChI is InChI=1S/C49H57Cl2N9O3/c1-9-16-56-24-34(25-56)26-58-28-52-48(54-58)35-12-15-41-39(22-35)42(27-57(41)17-19-62-8)59-23-31(4)60-46-38(13-14-40(50)44(46)43-32(5)53-55(7)33(43)6)37(47(60)49(59)61)11-10-18-63-36-20-29(2)45(51)30(3)21-36/h12-15,20-22,27-28,31,34H,9-11,16-19,23-26H2,1-8H3/t31-/m1/s1. The van der Waals surface area contributed by atoms with Crippen molar-refractivity contribution in [2.24, 2.45) is 13.0 Å². The molecule has 14 heteroatoms. The van der Waals surface area contributed by atoms with Gasteiger partial charge in [-0.2, -0.15) is 10.2 Å². The largest absolute Gasteiger partial charge is 0.494 e. The maximum absolute atomic E-state index is 15.6. The maximum atomic E-state index is 15.6. The topological polar surface area (TPSA) is 100 Å². The van der Waals surface area contributed by atoms with Gasteiger partial charge in [0.1, 0.15) is 17.8 Å². The van der Waals surface area contributed by atoms with Crippen molar-refractivity contribution in [3.05, 3.63) is 98.8 Å². The summed E-state index contributed by atoms with van der Waals surface area (Å²) in [4.78, 5) is 24.8. The summed E-state index contributed by atoms with van der Waals surface area (Å²) in [6.07, 6.45) is 6.44. The van der Waals surface area contributed by atoms with E-state index in [1.54, 1.807) is 7.11 Å². The second-order valence-corrected chi connectivity index (χ2v) is 18.4. The molecule has 3 aromatic carbocycles. The average molecular weight is 891 g/mol. The minimum absolute atomic E-state index is 0.0536. The zero-order valence-corrected chi connectivity index (χ0v) is 39.1. The number of amides is 1. The lowest BCUT2D eigenvalue weighted by atomic mass is 9.98. The summed E-state index contributed by atoms with van der Waals surface area (Å²) in [5.41, 5.74) is 11.2. The number of nitrogens with zero attached hydrogens (tertiary/aromatic N) is 9. The zero-order valence-electron chi connectivity index (χ0n) is 37.6. The summed E-state index contributed by atoms with van der Waals surface area (Å²) in [5, 5.41) is 13.1. The Labute approximate surface area is 379 Å². The van der Waals surface area contributed by atoms with E-state index in [1.165, 1.54) is 6.42 Å². The van der Waals surface area contributed by atoms with Crippen LogP contribution in [-0.2, 0) is 31.3 Å². The summed E-state index contributed by atoms with van der Waals surface area (Å²) in [5.74, 6) is 1.99. The van der Waals surface area contributed by atoms with Crippen molar-refractivity contribution >= 4 is 56.6 Å². The van der Waals surface area contributed by atoms with Crippen LogP contribution in [0, 0.1) is 33.6 Å². The van der Waals surface area contributed by atoms with E-state index in [-0.39, 0.29) is 11.9 Å². The number of anilines is 1. The van der Waals surface area contributed by atoms with Gasteiger partial charge in [-0.15, -0.1) is 0 Å². The smallest absolute Gasteiger partial charge is 0.275 e. The van der Waals surface area contributed by atoms with E-state index in [1.807, 2.05) is 66.6 Å². The number of ether oxygens (including phenoxy) is 2. The van der Waals surface area contributed by atoms with Gasteiger partial charge in [0.2, 0.25) is 0 Å². The van der Waals surface area contributed by atoms with Gasteiger partial charge in [-0.3, -0.25) is 14.2 Å². The van der Waals surface area contributed by atoms with Crippen LogP contribution < -0.4 is 9.64 Å². The van der Waals surface area contributed by atoms with Crippen LogP contribution >= 0.6 is 23.2 Å². The van der Waals surface area contributed by atoms with Crippen LogP contribution in [0.5, 0.6) is 5.75 Å². The highest BCUT2D eigenvalue weighted by Gasteiger charge is 2.38. The van der Waals surface area contributed by atoms with Gasteiger partial charge >= 0.3 is 0 Å². The number of aryl methyl sites for hydroxylation is 5. The number of aromatic nitrogens is 7. The molecule has 0 aliphatic carbocycles. The molecular formula is C49H57Cl2N9O3. The molecule has 0 N–H and O–H groups in total. The Balaban J connectivity index is 1.12. The maximum Gasteiger partial charge on any atom is 0.275 e. The second kappa shape index (κ2) is 17.4. The molecule has 330 valence electrons. The Morgan fingerprint density at radius 1 is 0.905 bits per heavy atom. The molecule has 0 spiro atoms. The van der Waals surface area contributed by atoms with E-state index in [4.69, 9.17) is 47.9 Å². The third-order valence-corrected chi connectivity index (χ3v) is 14.0. The molecule has 7 aromatic rings. The Morgan fingerprint density at radius 3 is 2.40 bits per heavy atom. The van der Waals surface area contributed by atoms with Gasteiger partial charge in [-0.25, -0.2) is 4.98 Å². The first-order valence-corrected chi connectivity index (χ1v) is 22.9. The Hall–Kier alpha value is -5.14. The van der Waals surface area contributed by atoms with Crippen molar-refractivity contribution in [3.63, 3.8) is 0 Å². The molecule has 1 amide bonds. The second-order valence-electron chi connectivity index (χ2n) is 17.6. The van der Waals surface area contributed by atoms with Crippen LogP contribution in [0.4, 0.5) is 5.69 Å². The summed E-state index contributed by atoms with van der Waals surface area (Å²) >= 11 is 13.7. The average Bonchev–Trinajstić information content (AvgIpc) is 4.01. The van der Waals surface area contributed by atoms with Crippen molar-refractivity contribution in [1.82, 2.24) is 38.6 Å². The van der Waals surface area contributed by atoms with Crippen molar-refractivity contribution in [3.8, 4) is 28.3 Å². The molecule has 0 bridgehead atoms. The number of methoxy groups -OCH3 is 1. The van der Waals surface area contributed by atoms with Crippen LogP contribution in [0.1, 0.15) is 71.3 Å². The zero-order chi connectivity index (χ0) is 44.3. The molecular weight excluding hydrogens is 834 g/mol. The lowest BCUT2D eigenvalue weighted by Gasteiger charge is -2.38. The fourth-order valence-corrected chi connectivity index (χ4v) is 10.4. The van der Waals surface area contributed by atoms with Gasteiger partial charge < -0.3 is 28.4 Å². The number of hydrogen-bond donors (Lipinski definition) is 0. The van der Waals surface area contributed by atoms with E-state index < -0.39 is 0 Å². The summed E-state index contributed by atoms with van der Waals surface area (Å²) in [6.45, 7) is 18.8. The Kier molecular flexibility index (Phi) is 11.9. The normalized spacial score (nSPS) is 15.9. The van der Waals surface area contributed by atoms with Gasteiger partial charge in [0.05, 0.1) is 40.7 Å². The van der Waals surface area contributed by atoms with Gasteiger partial charge in [-0.1, -0.05) is 36.2 Å². The monoisotopic (exact) mass is 889 g/mol. The third-order valence-electron chi connectivity index (χ3n) is 13.1. The first-order valence-electron chi connectivity index (χ1n) is 22.2. The van der Waals surface area contributed by atoms with Crippen LogP contribution in [0.3, 0.4) is 0 Å². The Bertz CT molecular complexity index is 2840. The van der Waals surface area contributed by atoms with E-state index in [0.29, 0.717) is 61.6 Å². The van der Waals surface area contributed by atoms with Crippen molar-refractivity contribution < 1.29 is 14.3 Å². The van der Waals surface area contributed by atoms with E-state index in [9.17, 15) is 0 Å². The minimum Gasteiger partial charge on any atom is -0.494 e. The third kappa shape index (κ3) is 7.83. The molecule has 6 heterocycles. The highest BCUT2D eigenvalue weighted by molar-refractivity contribution is 6.35. The number of fused-ring (bicyclic) bond motifs is 4. The fourth-order valence-electron chi connectivity index (χ4n) is 10.0. The number of hydrogen-bond acceptors (Lipinski definition) is 7. The summed E-state index contributed by atoms with van der Waals surface area (Å²) in [6, 6.07) is 14.3. The molecule has 1 atom stereocenters. The number of carbonyl (C=O) groups excluding carboxylic acids is 1. The molecule has 4 aromatic heterocycles. The molecule has 1 fully saturated rings. The van der Waals surface area contributed by atoms with Crippen LogP contribution in [0.2, 0.25) is 10.0 Å². The highest BCUT2D eigenvalue weighted by Crippen LogP contribution is 2.46. The SMILES string of the molecule is CCCN1CC(Cn2cnc(-c3ccc4c(c3)c(N3C[C@@H](C)n5c(c(CCCOc6cc(C)c(Cl)c(C)c6)c6ccc(Cl)c(-c7c(C)nn(C)c7C)c65)C3=O)cn4CCOC)n2)C1. The first kappa shape index (κ1) is 43.1. The molecule has 0 saturated carbocycles. The predicted molar refractivity (Wildman–Crippen MR) is 253 cm³/mol. The van der Waals surface area contributed by atoms with Gasteiger partial charge in [-0.05, 0) is 114 Å². The summed E-state index contributed by atoms with van der Waals surface area (Å²) < 4.78 is 20.2. The number of rotatable bonds is 15. The van der Waals surface area contributed by atoms with Gasteiger partial charge in [0.25, 0.3) is 5.91 Å². The fraction of sp³-hybridized carbons (Fsp3) is 0.429. The minimum atomic E-state index is -0.0996. The Morgan fingerprint density at radius 2 is 1.68 bits per heavy atom. The quantitative estimate of drug-likeness (QED) is 0.0946. The van der Waals surface area contributed by atoms with Gasteiger partial charge in [0.15, 0.2) is 5.82 Å². The molecule has 0 unspecified atom stereocenters. The van der Waals surface area contributed by atoms with Crippen LogP contribution in [0.15, 0.2) is 55.0 Å². The molecule has 12 nitrogen and oxygen atoms in total. The van der Waals surface area contributed by atoms with E-state index in [2.05, 4.69) is 65.3 Å². The molecule has 1 saturated heterocycles. The molecule has 9 rings (SSSR count).